The minimum atomic E-state index is -0.00412. The maximum Gasteiger partial charge on any atom is 0.226 e. The molecule has 0 bridgehead atoms. The number of aromatic nitrogens is 2. The van der Waals surface area contributed by atoms with Crippen LogP contribution in [-0.4, -0.2) is 35.2 Å². The molecule has 1 aliphatic heterocycles. The molecule has 128 valence electrons. The van der Waals surface area contributed by atoms with Crippen LogP contribution in [0, 0.1) is 6.92 Å². The van der Waals surface area contributed by atoms with Gasteiger partial charge in [0, 0.05) is 29.8 Å². The van der Waals surface area contributed by atoms with Crippen molar-refractivity contribution >= 4 is 34.8 Å². The molecule has 2 N–H and O–H groups in total. The zero-order valence-corrected chi connectivity index (χ0v) is 15.0. The number of rotatable bonds is 4. The normalized spacial score (nSPS) is 17.8. The molecule has 24 heavy (non-hydrogen) atoms. The molecule has 1 aromatic carbocycles. The predicted molar refractivity (Wildman–Crippen MR) is 96.9 cm³/mol. The van der Waals surface area contributed by atoms with Crippen LogP contribution in [0.4, 0.5) is 5.69 Å². The Balaban J connectivity index is 1.60. The van der Waals surface area contributed by atoms with Crippen molar-refractivity contribution in [1.29, 1.82) is 0 Å². The van der Waals surface area contributed by atoms with Crippen LogP contribution in [0.25, 0.3) is 0 Å². The Morgan fingerprint density at radius 3 is 2.96 bits per heavy atom. The second kappa shape index (κ2) is 7.45. The number of halogens is 2. The Morgan fingerprint density at radius 1 is 1.42 bits per heavy atom. The molecule has 1 unspecified atom stereocenters. The topological polar surface area (TPSA) is 61.0 Å². The van der Waals surface area contributed by atoms with Gasteiger partial charge in [0.1, 0.15) is 0 Å². The molecular formula is C17H20Cl2N4O. The summed E-state index contributed by atoms with van der Waals surface area (Å²) in [6.45, 7) is 3.59. The molecule has 0 spiro atoms. The number of carbonyl (C=O) groups is 1. The molecule has 1 aliphatic rings. The number of aryl methyl sites for hydroxylation is 1. The third-order valence-electron chi connectivity index (χ3n) is 4.14. The van der Waals surface area contributed by atoms with Crippen molar-refractivity contribution in [3.05, 3.63) is 45.7 Å². The zero-order chi connectivity index (χ0) is 17.1. The van der Waals surface area contributed by atoms with E-state index in [1.165, 1.54) is 0 Å². The van der Waals surface area contributed by atoms with Crippen LogP contribution >= 0.6 is 23.2 Å². The number of piperidine rings is 1. The van der Waals surface area contributed by atoms with Gasteiger partial charge in [-0.3, -0.25) is 9.89 Å². The fourth-order valence-electron chi connectivity index (χ4n) is 3.06. The molecule has 1 amide bonds. The molecule has 0 aliphatic carbocycles. The molecule has 1 saturated heterocycles. The van der Waals surface area contributed by atoms with Crippen molar-refractivity contribution < 1.29 is 4.79 Å². The molecule has 1 aromatic heterocycles. The quantitative estimate of drug-likeness (QED) is 0.871. The van der Waals surface area contributed by atoms with Gasteiger partial charge in [0.05, 0.1) is 22.8 Å². The van der Waals surface area contributed by atoms with E-state index in [2.05, 4.69) is 20.4 Å². The first-order valence-corrected chi connectivity index (χ1v) is 8.77. The Kier molecular flexibility index (Phi) is 5.31. The molecule has 1 fully saturated rings. The van der Waals surface area contributed by atoms with Gasteiger partial charge in [-0.15, -0.1) is 0 Å². The highest BCUT2D eigenvalue weighted by Gasteiger charge is 2.23. The number of hydrogen-bond donors (Lipinski definition) is 2. The van der Waals surface area contributed by atoms with Gasteiger partial charge in [-0.05, 0) is 44.0 Å². The van der Waals surface area contributed by atoms with Crippen LogP contribution in [0.15, 0.2) is 24.3 Å². The summed E-state index contributed by atoms with van der Waals surface area (Å²) in [5.74, 6) is -0.00412. The number of aromatic amines is 1. The molecule has 2 heterocycles. The highest BCUT2D eigenvalue weighted by Crippen LogP contribution is 2.30. The first-order chi connectivity index (χ1) is 11.5. The largest absolute Gasteiger partial charge is 0.368 e. The number of carbonyl (C=O) groups excluding carboxylic acids is 1. The van der Waals surface area contributed by atoms with Gasteiger partial charge in [-0.25, -0.2) is 0 Å². The van der Waals surface area contributed by atoms with Gasteiger partial charge in [0.2, 0.25) is 5.91 Å². The Hall–Kier alpha value is -1.72. The first-order valence-electron chi connectivity index (χ1n) is 8.01. The maximum absolute atomic E-state index is 12.2. The summed E-state index contributed by atoms with van der Waals surface area (Å²) in [6, 6.07) is 7.52. The van der Waals surface area contributed by atoms with Crippen molar-refractivity contribution in [1.82, 2.24) is 15.5 Å². The van der Waals surface area contributed by atoms with Crippen LogP contribution in [0.5, 0.6) is 0 Å². The standard InChI is InChI=1S/C17H20Cl2N4O/c1-11-7-14(22-21-11)9-17(24)20-13-3-2-6-23(10-13)16-5-4-12(18)8-15(16)19/h4-5,7-8,13H,2-3,6,9-10H2,1H3,(H,20,24)(H,21,22). The molecule has 1 atom stereocenters. The van der Waals surface area contributed by atoms with Crippen LogP contribution in [-0.2, 0) is 11.2 Å². The number of nitrogens with one attached hydrogen (secondary N) is 2. The van der Waals surface area contributed by atoms with Crippen LogP contribution < -0.4 is 10.2 Å². The Morgan fingerprint density at radius 2 is 2.25 bits per heavy atom. The lowest BCUT2D eigenvalue weighted by atomic mass is 10.0. The molecule has 2 aromatic rings. The summed E-state index contributed by atoms with van der Waals surface area (Å²) in [5, 5.41) is 11.3. The summed E-state index contributed by atoms with van der Waals surface area (Å²) >= 11 is 12.3. The highest BCUT2D eigenvalue weighted by atomic mass is 35.5. The van der Waals surface area contributed by atoms with Crippen molar-refractivity contribution in [2.75, 3.05) is 18.0 Å². The third-order valence-corrected chi connectivity index (χ3v) is 4.68. The summed E-state index contributed by atoms with van der Waals surface area (Å²) in [6.07, 6.45) is 2.26. The number of hydrogen-bond acceptors (Lipinski definition) is 3. The Labute approximate surface area is 151 Å². The second-order valence-electron chi connectivity index (χ2n) is 6.17. The van der Waals surface area contributed by atoms with E-state index < -0.39 is 0 Å². The van der Waals surface area contributed by atoms with Crippen molar-refractivity contribution in [2.24, 2.45) is 0 Å². The summed E-state index contributed by atoms with van der Waals surface area (Å²) in [5.41, 5.74) is 2.68. The summed E-state index contributed by atoms with van der Waals surface area (Å²) in [7, 11) is 0. The van der Waals surface area contributed by atoms with E-state index in [-0.39, 0.29) is 11.9 Å². The van der Waals surface area contributed by atoms with E-state index in [9.17, 15) is 4.79 Å². The highest BCUT2D eigenvalue weighted by molar-refractivity contribution is 6.36. The van der Waals surface area contributed by atoms with Crippen LogP contribution in [0.1, 0.15) is 24.2 Å². The number of amides is 1. The van der Waals surface area contributed by atoms with Gasteiger partial charge < -0.3 is 10.2 Å². The lowest BCUT2D eigenvalue weighted by Crippen LogP contribution is -2.48. The minimum Gasteiger partial charge on any atom is -0.368 e. The number of H-pyrrole nitrogens is 1. The lowest BCUT2D eigenvalue weighted by Gasteiger charge is -2.35. The molecule has 3 rings (SSSR count). The minimum absolute atomic E-state index is 0.00412. The fraction of sp³-hybridized carbons (Fsp3) is 0.412. The second-order valence-corrected chi connectivity index (χ2v) is 7.01. The third kappa shape index (κ3) is 4.22. The monoisotopic (exact) mass is 366 g/mol. The van der Waals surface area contributed by atoms with Crippen molar-refractivity contribution in [3.8, 4) is 0 Å². The number of nitrogens with zero attached hydrogens (tertiary/aromatic N) is 2. The van der Waals surface area contributed by atoms with Gasteiger partial charge in [0.25, 0.3) is 0 Å². The van der Waals surface area contributed by atoms with Crippen LogP contribution in [0.3, 0.4) is 0 Å². The Bertz CT molecular complexity index is 731. The predicted octanol–water partition coefficient (Wildman–Crippen LogP) is 3.35. The van der Waals surface area contributed by atoms with Gasteiger partial charge in [0.15, 0.2) is 0 Å². The van der Waals surface area contributed by atoms with Crippen LogP contribution in [0.2, 0.25) is 10.0 Å². The molecule has 7 heteroatoms. The van der Waals surface area contributed by atoms with E-state index in [4.69, 9.17) is 23.2 Å². The number of benzene rings is 1. The first kappa shape index (κ1) is 17.1. The van der Waals surface area contributed by atoms with E-state index in [0.29, 0.717) is 16.5 Å². The van der Waals surface area contributed by atoms with Gasteiger partial charge in [-0.1, -0.05) is 23.2 Å². The average molecular weight is 367 g/mol. The molecular weight excluding hydrogens is 347 g/mol. The summed E-state index contributed by atoms with van der Waals surface area (Å²) in [4.78, 5) is 14.4. The van der Waals surface area contributed by atoms with Crippen molar-refractivity contribution in [2.45, 2.75) is 32.2 Å². The SMILES string of the molecule is Cc1cc(CC(=O)NC2CCCN(c3ccc(Cl)cc3Cl)C2)n[nH]1. The maximum atomic E-state index is 12.2. The molecule has 0 saturated carbocycles. The summed E-state index contributed by atoms with van der Waals surface area (Å²) < 4.78 is 0. The fourth-order valence-corrected chi connectivity index (χ4v) is 3.59. The van der Waals surface area contributed by atoms with Gasteiger partial charge >= 0.3 is 0 Å². The van der Waals surface area contributed by atoms with Crippen molar-refractivity contribution in [3.63, 3.8) is 0 Å². The molecule has 0 radical (unpaired) electrons. The lowest BCUT2D eigenvalue weighted by molar-refractivity contribution is -0.121. The smallest absolute Gasteiger partial charge is 0.226 e. The van der Waals surface area contributed by atoms with E-state index in [0.717, 1.165) is 43.0 Å². The molecule has 5 nitrogen and oxygen atoms in total. The van der Waals surface area contributed by atoms with Gasteiger partial charge in [-0.2, -0.15) is 5.10 Å². The number of anilines is 1. The zero-order valence-electron chi connectivity index (χ0n) is 13.5. The average Bonchev–Trinajstić information content (AvgIpc) is 2.92. The van der Waals surface area contributed by atoms with E-state index >= 15 is 0 Å². The van der Waals surface area contributed by atoms with E-state index in [1.54, 1.807) is 6.07 Å². The van der Waals surface area contributed by atoms with E-state index in [1.807, 2.05) is 25.1 Å².